The summed E-state index contributed by atoms with van der Waals surface area (Å²) < 4.78 is 44.4. The zero-order valence-corrected chi connectivity index (χ0v) is 14.8. The Balaban J connectivity index is 2.38. The molecule has 3 rings (SSSR count). The molecule has 0 aromatic carbocycles. The van der Waals surface area contributed by atoms with Gasteiger partial charge in [0.15, 0.2) is 5.65 Å². The van der Waals surface area contributed by atoms with E-state index >= 15 is 0 Å². The van der Waals surface area contributed by atoms with Crippen LogP contribution in [0.3, 0.4) is 0 Å². The smallest absolute Gasteiger partial charge is 0.269 e. The van der Waals surface area contributed by atoms with E-state index in [1.807, 2.05) is 27.7 Å². The average Bonchev–Trinajstić information content (AvgIpc) is 3.06. The number of hydrogen-bond acceptors (Lipinski definition) is 3. The molecule has 3 aromatic heterocycles. The molecule has 0 radical (unpaired) electrons. The quantitative estimate of drug-likeness (QED) is 0.696. The van der Waals surface area contributed by atoms with Crippen molar-refractivity contribution in [1.82, 2.24) is 24.5 Å². The Morgan fingerprint density at radius 1 is 1.20 bits per heavy atom. The molecular weight excluding hydrogens is 331 g/mol. The highest BCUT2D eigenvalue weighted by molar-refractivity contribution is 5.86. The van der Waals surface area contributed by atoms with Crippen LogP contribution in [0.2, 0.25) is 0 Å². The summed E-state index contributed by atoms with van der Waals surface area (Å²) in [6, 6.07) is 1.01. The summed E-state index contributed by atoms with van der Waals surface area (Å²) in [6.07, 6.45) is -2.92. The van der Waals surface area contributed by atoms with Crippen LogP contribution in [0, 0.1) is 13.8 Å². The standard InChI is InChI=1S/C17H20F3N5/c1-6-24-11(5)12(8-21-24)14-7-13(17(18,19)20)15-10(4)23-25(9(2)3)16(15)22-14/h7-9H,6H2,1-5H3. The van der Waals surface area contributed by atoms with Gasteiger partial charge in [0, 0.05) is 23.8 Å². The van der Waals surface area contributed by atoms with Crippen LogP contribution < -0.4 is 0 Å². The third-order valence-electron chi connectivity index (χ3n) is 4.31. The van der Waals surface area contributed by atoms with Crippen molar-refractivity contribution in [1.29, 1.82) is 0 Å². The molecule has 8 heteroatoms. The SMILES string of the molecule is CCn1ncc(-c2cc(C(F)(F)F)c3c(C)nn(C(C)C)c3n2)c1C. The Morgan fingerprint density at radius 3 is 2.40 bits per heavy atom. The van der Waals surface area contributed by atoms with Gasteiger partial charge in [-0.3, -0.25) is 4.68 Å². The van der Waals surface area contributed by atoms with Gasteiger partial charge in [-0.25, -0.2) is 9.67 Å². The number of fused-ring (bicyclic) bond motifs is 1. The molecule has 0 amide bonds. The minimum atomic E-state index is -4.49. The van der Waals surface area contributed by atoms with Crippen LogP contribution in [-0.4, -0.2) is 24.5 Å². The Morgan fingerprint density at radius 2 is 1.88 bits per heavy atom. The summed E-state index contributed by atoms with van der Waals surface area (Å²) >= 11 is 0. The van der Waals surface area contributed by atoms with Gasteiger partial charge in [-0.2, -0.15) is 23.4 Å². The maximum Gasteiger partial charge on any atom is 0.417 e. The Bertz CT molecular complexity index is 934. The minimum Gasteiger partial charge on any atom is -0.269 e. The molecule has 5 nitrogen and oxygen atoms in total. The molecule has 0 atom stereocenters. The van der Waals surface area contributed by atoms with Gasteiger partial charge in [0.1, 0.15) is 0 Å². The van der Waals surface area contributed by atoms with Crippen molar-refractivity contribution >= 4 is 11.0 Å². The summed E-state index contributed by atoms with van der Waals surface area (Å²) in [5, 5.41) is 8.55. The van der Waals surface area contributed by atoms with E-state index in [2.05, 4.69) is 15.2 Å². The van der Waals surface area contributed by atoms with Gasteiger partial charge in [0.05, 0.1) is 28.5 Å². The van der Waals surface area contributed by atoms with E-state index in [1.165, 1.54) is 0 Å². The number of rotatable bonds is 3. The molecule has 134 valence electrons. The van der Waals surface area contributed by atoms with Gasteiger partial charge in [-0.05, 0) is 40.7 Å². The van der Waals surface area contributed by atoms with E-state index in [0.29, 0.717) is 17.8 Å². The van der Waals surface area contributed by atoms with Crippen LogP contribution in [-0.2, 0) is 12.7 Å². The molecule has 0 fully saturated rings. The molecule has 0 aliphatic carbocycles. The lowest BCUT2D eigenvalue weighted by Gasteiger charge is -2.12. The van der Waals surface area contributed by atoms with Crippen LogP contribution in [0.1, 0.15) is 43.8 Å². The normalized spacial score (nSPS) is 12.5. The third kappa shape index (κ3) is 2.79. The third-order valence-corrected chi connectivity index (χ3v) is 4.31. The monoisotopic (exact) mass is 351 g/mol. The molecule has 3 heterocycles. The second-order valence-corrected chi connectivity index (χ2v) is 6.33. The number of nitrogens with zero attached hydrogens (tertiary/aromatic N) is 5. The molecular formula is C17H20F3N5. The summed E-state index contributed by atoms with van der Waals surface area (Å²) in [5.74, 6) is 0. The zero-order valence-electron chi connectivity index (χ0n) is 14.8. The topological polar surface area (TPSA) is 48.5 Å². The van der Waals surface area contributed by atoms with E-state index in [-0.39, 0.29) is 22.8 Å². The first-order valence-electron chi connectivity index (χ1n) is 8.15. The molecule has 0 bridgehead atoms. The van der Waals surface area contributed by atoms with E-state index in [1.54, 1.807) is 22.5 Å². The summed E-state index contributed by atoms with van der Waals surface area (Å²) in [5.41, 5.74) is 1.52. The van der Waals surface area contributed by atoms with Crippen LogP contribution in [0.15, 0.2) is 12.3 Å². The van der Waals surface area contributed by atoms with Crippen molar-refractivity contribution in [2.24, 2.45) is 0 Å². The van der Waals surface area contributed by atoms with Crippen molar-refractivity contribution in [3.8, 4) is 11.3 Å². The number of hydrogen-bond donors (Lipinski definition) is 0. The van der Waals surface area contributed by atoms with Crippen LogP contribution in [0.5, 0.6) is 0 Å². The van der Waals surface area contributed by atoms with E-state index < -0.39 is 11.7 Å². The van der Waals surface area contributed by atoms with Crippen molar-refractivity contribution in [2.45, 2.75) is 53.4 Å². The van der Waals surface area contributed by atoms with Gasteiger partial charge in [-0.15, -0.1) is 0 Å². The van der Waals surface area contributed by atoms with E-state index in [9.17, 15) is 13.2 Å². The summed E-state index contributed by atoms with van der Waals surface area (Å²) in [4.78, 5) is 4.52. The largest absolute Gasteiger partial charge is 0.417 e. The van der Waals surface area contributed by atoms with Crippen LogP contribution >= 0.6 is 0 Å². The van der Waals surface area contributed by atoms with Crippen molar-refractivity contribution in [3.05, 3.63) is 29.2 Å². The predicted molar refractivity (Wildman–Crippen MR) is 89.3 cm³/mol. The average molecular weight is 351 g/mol. The van der Waals surface area contributed by atoms with E-state index in [4.69, 9.17) is 0 Å². The van der Waals surface area contributed by atoms with Gasteiger partial charge in [0.25, 0.3) is 0 Å². The molecule has 0 saturated heterocycles. The molecule has 0 N–H and O–H groups in total. The summed E-state index contributed by atoms with van der Waals surface area (Å²) in [6.45, 7) is 9.72. The molecule has 0 aliphatic rings. The molecule has 3 aromatic rings. The fraction of sp³-hybridized carbons (Fsp3) is 0.471. The first-order valence-corrected chi connectivity index (χ1v) is 8.15. The molecule has 0 unspecified atom stereocenters. The first-order chi connectivity index (χ1) is 11.6. The number of aromatic nitrogens is 5. The molecule has 25 heavy (non-hydrogen) atoms. The van der Waals surface area contributed by atoms with Crippen molar-refractivity contribution < 1.29 is 13.2 Å². The van der Waals surface area contributed by atoms with Crippen LogP contribution in [0.4, 0.5) is 13.2 Å². The lowest BCUT2D eigenvalue weighted by molar-refractivity contribution is -0.136. The highest BCUT2D eigenvalue weighted by atomic mass is 19.4. The molecule has 0 spiro atoms. The van der Waals surface area contributed by atoms with Gasteiger partial charge < -0.3 is 0 Å². The minimum absolute atomic E-state index is 0.0606. The van der Waals surface area contributed by atoms with Crippen LogP contribution in [0.25, 0.3) is 22.3 Å². The fourth-order valence-corrected chi connectivity index (χ4v) is 3.05. The fourth-order valence-electron chi connectivity index (χ4n) is 3.05. The number of alkyl halides is 3. The second kappa shape index (κ2) is 5.86. The first kappa shape index (κ1) is 17.4. The number of pyridine rings is 1. The number of aryl methyl sites for hydroxylation is 2. The predicted octanol–water partition coefficient (Wildman–Crippen LogP) is 4.53. The lowest BCUT2D eigenvalue weighted by Crippen LogP contribution is -2.09. The van der Waals surface area contributed by atoms with Gasteiger partial charge in [-0.1, -0.05) is 0 Å². The van der Waals surface area contributed by atoms with Crippen molar-refractivity contribution in [2.75, 3.05) is 0 Å². The highest BCUT2D eigenvalue weighted by Crippen LogP contribution is 2.39. The molecule has 0 saturated carbocycles. The Hall–Kier alpha value is -2.38. The van der Waals surface area contributed by atoms with Gasteiger partial charge >= 0.3 is 6.18 Å². The zero-order chi connectivity index (χ0) is 18.5. The Labute approximate surface area is 143 Å². The van der Waals surface area contributed by atoms with E-state index in [0.717, 1.165) is 11.8 Å². The maximum atomic E-state index is 13.7. The molecule has 0 aliphatic heterocycles. The maximum absolute atomic E-state index is 13.7. The van der Waals surface area contributed by atoms with Gasteiger partial charge in [0.2, 0.25) is 0 Å². The Kier molecular flexibility index (Phi) is 4.09. The lowest BCUT2D eigenvalue weighted by atomic mass is 10.1. The second-order valence-electron chi connectivity index (χ2n) is 6.33. The summed E-state index contributed by atoms with van der Waals surface area (Å²) in [7, 11) is 0. The number of halogens is 3. The van der Waals surface area contributed by atoms with Crippen molar-refractivity contribution in [3.63, 3.8) is 0 Å². The highest BCUT2D eigenvalue weighted by Gasteiger charge is 2.36.